The molecule has 0 amide bonds. The van der Waals surface area contributed by atoms with E-state index in [2.05, 4.69) is 17.5 Å². The van der Waals surface area contributed by atoms with Crippen LogP contribution in [0.5, 0.6) is 0 Å². The van der Waals surface area contributed by atoms with E-state index in [-0.39, 0.29) is 11.2 Å². The van der Waals surface area contributed by atoms with Crippen LogP contribution in [0.4, 0.5) is 4.39 Å². The Morgan fingerprint density at radius 2 is 1.75 bits per heavy atom. The maximum atomic E-state index is 13.7. The molecule has 3 rings (SSSR count). The third-order valence-electron chi connectivity index (χ3n) is 3.54. The van der Waals surface area contributed by atoms with Gasteiger partial charge in [-0.05, 0) is 52.9 Å². The summed E-state index contributed by atoms with van der Waals surface area (Å²) in [4.78, 5) is 0. The van der Waals surface area contributed by atoms with Crippen molar-refractivity contribution < 1.29 is 4.39 Å². The zero-order valence-corrected chi connectivity index (χ0v) is 12.9. The van der Waals surface area contributed by atoms with Crippen molar-refractivity contribution in [3.05, 3.63) is 69.8 Å². The van der Waals surface area contributed by atoms with Crippen molar-refractivity contribution in [3.63, 3.8) is 0 Å². The molecular weight excluding hydrogens is 291 g/mol. The fourth-order valence-corrected chi connectivity index (χ4v) is 3.87. The molecule has 0 saturated heterocycles. The first-order chi connectivity index (χ1) is 9.58. The van der Waals surface area contributed by atoms with Crippen molar-refractivity contribution in [2.75, 3.05) is 0 Å². The largest absolute Gasteiger partial charge is 0.206 e. The fraction of sp³-hybridized carbons (Fsp3) is 0.176. The maximum absolute atomic E-state index is 13.7. The Kier molecular flexibility index (Phi) is 3.53. The summed E-state index contributed by atoms with van der Waals surface area (Å²) in [7, 11) is 0. The zero-order valence-electron chi connectivity index (χ0n) is 11.3. The summed E-state index contributed by atoms with van der Waals surface area (Å²) < 4.78 is 15.0. The third kappa shape index (κ3) is 2.23. The van der Waals surface area contributed by atoms with Gasteiger partial charge in [-0.15, -0.1) is 22.9 Å². The van der Waals surface area contributed by atoms with E-state index in [1.54, 1.807) is 25.2 Å². The number of rotatable bonds is 2. The van der Waals surface area contributed by atoms with E-state index < -0.39 is 0 Å². The minimum Gasteiger partial charge on any atom is -0.206 e. The minimum atomic E-state index is -0.246. The number of thiophene rings is 1. The average Bonchev–Trinajstić information content (AvgIpc) is 2.87. The number of fused-ring (bicyclic) bond motifs is 1. The number of hydrogen-bond donors (Lipinski definition) is 0. The van der Waals surface area contributed by atoms with Crippen LogP contribution < -0.4 is 0 Å². The summed E-state index contributed by atoms with van der Waals surface area (Å²) in [6.07, 6.45) is 0. The SMILES string of the molecule is Cc1cc(C(Cl)c2csc3ccccc23)cc(C)c1F. The van der Waals surface area contributed by atoms with Crippen LogP contribution in [0, 0.1) is 19.7 Å². The topological polar surface area (TPSA) is 0 Å². The quantitative estimate of drug-likeness (QED) is 0.510. The number of alkyl halides is 1. The van der Waals surface area contributed by atoms with E-state index in [4.69, 9.17) is 11.6 Å². The summed E-state index contributed by atoms with van der Waals surface area (Å²) in [5.41, 5.74) is 3.33. The number of halogens is 2. The average molecular weight is 305 g/mol. The number of hydrogen-bond acceptors (Lipinski definition) is 1. The van der Waals surface area contributed by atoms with Gasteiger partial charge in [0.25, 0.3) is 0 Å². The molecule has 0 radical (unpaired) electrons. The highest BCUT2D eigenvalue weighted by Gasteiger charge is 2.17. The molecule has 102 valence electrons. The highest BCUT2D eigenvalue weighted by Crippen LogP contribution is 2.38. The molecule has 3 aromatic rings. The molecule has 0 aliphatic heterocycles. The molecule has 0 nitrogen and oxygen atoms in total. The lowest BCUT2D eigenvalue weighted by Crippen LogP contribution is -1.97. The Morgan fingerprint density at radius 3 is 2.45 bits per heavy atom. The second kappa shape index (κ2) is 5.19. The van der Waals surface area contributed by atoms with Gasteiger partial charge < -0.3 is 0 Å². The Balaban J connectivity index is 2.11. The summed E-state index contributed by atoms with van der Waals surface area (Å²) in [6.45, 7) is 3.56. The van der Waals surface area contributed by atoms with Crippen LogP contribution in [-0.4, -0.2) is 0 Å². The van der Waals surface area contributed by atoms with Crippen molar-refractivity contribution in [2.45, 2.75) is 19.2 Å². The molecule has 0 bridgehead atoms. The monoisotopic (exact) mass is 304 g/mol. The van der Waals surface area contributed by atoms with E-state index in [1.807, 2.05) is 24.3 Å². The van der Waals surface area contributed by atoms with Gasteiger partial charge in [-0.25, -0.2) is 4.39 Å². The van der Waals surface area contributed by atoms with E-state index in [1.165, 1.54) is 10.1 Å². The van der Waals surface area contributed by atoms with Crippen LogP contribution in [0.3, 0.4) is 0 Å². The van der Waals surface area contributed by atoms with Crippen molar-refractivity contribution >= 4 is 33.0 Å². The fourth-order valence-electron chi connectivity index (χ4n) is 2.50. The highest BCUT2D eigenvalue weighted by molar-refractivity contribution is 7.17. The predicted molar refractivity (Wildman–Crippen MR) is 85.4 cm³/mol. The van der Waals surface area contributed by atoms with Gasteiger partial charge in [0.2, 0.25) is 0 Å². The zero-order chi connectivity index (χ0) is 14.3. The van der Waals surface area contributed by atoms with Gasteiger partial charge >= 0.3 is 0 Å². The standard InChI is InChI=1S/C17H14ClFS/c1-10-7-12(8-11(2)17(10)19)16(18)14-9-20-15-6-4-3-5-13(14)15/h3-9,16H,1-2H3. The van der Waals surface area contributed by atoms with Gasteiger partial charge in [0.05, 0.1) is 5.38 Å². The lowest BCUT2D eigenvalue weighted by Gasteiger charge is -2.12. The first-order valence-corrected chi connectivity index (χ1v) is 7.76. The predicted octanol–water partition coefficient (Wildman–Crippen LogP) is 5.99. The molecule has 3 heteroatoms. The van der Waals surface area contributed by atoms with Crippen LogP contribution in [0.2, 0.25) is 0 Å². The van der Waals surface area contributed by atoms with Crippen molar-refractivity contribution in [1.29, 1.82) is 0 Å². The molecule has 20 heavy (non-hydrogen) atoms. The molecule has 2 aromatic carbocycles. The van der Waals surface area contributed by atoms with Crippen molar-refractivity contribution in [3.8, 4) is 0 Å². The first kappa shape index (κ1) is 13.6. The van der Waals surface area contributed by atoms with Gasteiger partial charge in [0, 0.05) is 4.70 Å². The molecule has 0 aliphatic carbocycles. The van der Waals surface area contributed by atoms with E-state index >= 15 is 0 Å². The molecular formula is C17H14ClFS. The normalized spacial score (nSPS) is 12.8. The molecule has 0 fully saturated rings. The molecule has 0 aliphatic rings. The van der Waals surface area contributed by atoms with Gasteiger partial charge in [-0.2, -0.15) is 0 Å². The van der Waals surface area contributed by atoms with Crippen LogP contribution >= 0.6 is 22.9 Å². The molecule has 0 spiro atoms. The minimum absolute atomic E-state index is 0.146. The molecule has 0 N–H and O–H groups in total. The van der Waals surface area contributed by atoms with E-state index in [0.29, 0.717) is 11.1 Å². The third-order valence-corrected chi connectivity index (χ3v) is 5.00. The molecule has 1 atom stereocenters. The Morgan fingerprint density at radius 1 is 1.10 bits per heavy atom. The maximum Gasteiger partial charge on any atom is 0.129 e. The van der Waals surface area contributed by atoms with Crippen LogP contribution in [0.15, 0.2) is 41.8 Å². The van der Waals surface area contributed by atoms with Crippen molar-refractivity contribution in [1.82, 2.24) is 0 Å². The number of aryl methyl sites for hydroxylation is 2. The smallest absolute Gasteiger partial charge is 0.129 e. The molecule has 1 heterocycles. The second-order valence-corrected chi connectivity index (χ2v) is 6.37. The van der Waals surface area contributed by atoms with Crippen LogP contribution in [0.25, 0.3) is 10.1 Å². The van der Waals surface area contributed by atoms with E-state index in [0.717, 1.165) is 11.1 Å². The summed E-state index contributed by atoms with van der Waals surface area (Å²) >= 11 is 8.32. The lowest BCUT2D eigenvalue weighted by molar-refractivity contribution is 0.608. The van der Waals surface area contributed by atoms with Crippen LogP contribution in [-0.2, 0) is 0 Å². The Labute approximate surface area is 126 Å². The molecule has 1 aromatic heterocycles. The van der Waals surface area contributed by atoms with Crippen molar-refractivity contribution in [2.24, 2.45) is 0 Å². The molecule has 0 saturated carbocycles. The van der Waals surface area contributed by atoms with Gasteiger partial charge in [0.15, 0.2) is 0 Å². The summed E-state index contributed by atoms with van der Waals surface area (Å²) in [5, 5.41) is 3.03. The number of benzene rings is 2. The van der Waals surface area contributed by atoms with Crippen LogP contribution in [0.1, 0.15) is 27.6 Å². The lowest BCUT2D eigenvalue weighted by atomic mass is 9.99. The second-order valence-electron chi connectivity index (χ2n) is 5.02. The van der Waals surface area contributed by atoms with Gasteiger partial charge in [0.1, 0.15) is 5.82 Å². The summed E-state index contributed by atoms with van der Waals surface area (Å²) in [5.74, 6) is -0.146. The summed E-state index contributed by atoms with van der Waals surface area (Å²) in [6, 6.07) is 11.9. The Hall–Kier alpha value is -1.38. The van der Waals surface area contributed by atoms with E-state index in [9.17, 15) is 4.39 Å². The Bertz CT molecular complexity index is 753. The van der Waals surface area contributed by atoms with Gasteiger partial charge in [-0.1, -0.05) is 30.3 Å². The first-order valence-electron chi connectivity index (χ1n) is 6.45. The highest BCUT2D eigenvalue weighted by atomic mass is 35.5. The molecule has 1 unspecified atom stereocenters. The van der Waals surface area contributed by atoms with Gasteiger partial charge in [-0.3, -0.25) is 0 Å².